The molecule has 4 N–H and O–H groups in total. The summed E-state index contributed by atoms with van der Waals surface area (Å²) in [5, 5.41) is 8.90. The Kier molecular flexibility index (Phi) is 33.7. The first kappa shape index (κ1) is 53.2. The van der Waals surface area contributed by atoms with Crippen LogP contribution in [0.4, 0.5) is 0 Å². The molecule has 334 valence electrons. The smallest absolute Gasteiger partial charge is 0.472 e. The third-order valence-electron chi connectivity index (χ3n) is 10.4. The van der Waals surface area contributed by atoms with Crippen LogP contribution in [0, 0.1) is 0 Å². The number of hydrogen-bond acceptors (Lipinski definition) is 10. The number of carboxylic acid groups (broad SMARTS) is 1. The Hall–Kier alpha value is -1.82. The Labute approximate surface area is 345 Å². The zero-order valence-electron chi connectivity index (χ0n) is 35.9. The van der Waals surface area contributed by atoms with E-state index in [1.54, 1.807) is 0 Å². The molecule has 0 aromatic heterocycles. The molecule has 0 amide bonds. The summed E-state index contributed by atoms with van der Waals surface area (Å²) >= 11 is 0. The topological polar surface area (TPSA) is 184 Å². The Morgan fingerprint density at radius 1 is 0.632 bits per heavy atom. The Morgan fingerprint density at radius 2 is 1.11 bits per heavy atom. The number of nitrogens with two attached hydrogens (primary N) is 1. The highest BCUT2D eigenvalue weighted by atomic mass is 31.2. The quantitative estimate of drug-likeness (QED) is 0.0174. The molecule has 1 heterocycles. The summed E-state index contributed by atoms with van der Waals surface area (Å²) in [6.07, 6.45) is 37.3. The zero-order valence-corrected chi connectivity index (χ0v) is 36.8. The first-order valence-corrected chi connectivity index (χ1v) is 24.3. The molecule has 0 saturated carbocycles. The minimum Gasteiger partial charge on any atom is -0.480 e. The molecule has 0 spiro atoms. The maximum absolute atomic E-state index is 12.6. The molecule has 0 bridgehead atoms. The molecule has 12 nitrogen and oxygen atoms in total. The van der Waals surface area contributed by atoms with Gasteiger partial charge in [0.1, 0.15) is 12.6 Å². The van der Waals surface area contributed by atoms with Crippen LogP contribution in [0.25, 0.3) is 0 Å². The fourth-order valence-corrected chi connectivity index (χ4v) is 7.50. The predicted molar refractivity (Wildman–Crippen MR) is 226 cm³/mol. The van der Waals surface area contributed by atoms with Crippen molar-refractivity contribution in [1.82, 2.24) is 0 Å². The van der Waals surface area contributed by atoms with Gasteiger partial charge in [0.15, 0.2) is 6.10 Å². The van der Waals surface area contributed by atoms with Gasteiger partial charge >= 0.3 is 25.7 Å². The molecule has 0 aromatic rings. The number of aliphatic carboxylic acids is 1. The number of phosphoric acid groups is 1. The highest BCUT2D eigenvalue weighted by molar-refractivity contribution is 7.47. The number of rotatable bonds is 42. The van der Waals surface area contributed by atoms with Crippen LogP contribution in [-0.4, -0.2) is 72.1 Å². The van der Waals surface area contributed by atoms with Gasteiger partial charge in [-0.15, -0.1) is 0 Å². The molecule has 1 aliphatic rings. The van der Waals surface area contributed by atoms with Crippen molar-refractivity contribution in [3.05, 3.63) is 12.2 Å². The van der Waals surface area contributed by atoms with Gasteiger partial charge in [0.25, 0.3) is 0 Å². The molecular weight excluding hydrogens is 749 g/mol. The minimum atomic E-state index is -4.72. The summed E-state index contributed by atoms with van der Waals surface area (Å²) in [7, 11) is -4.72. The van der Waals surface area contributed by atoms with Gasteiger partial charge < -0.3 is 29.9 Å². The average molecular weight is 832 g/mol. The number of phosphoric ester groups is 1. The summed E-state index contributed by atoms with van der Waals surface area (Å²) < 4.78 is 38.5. The van der Waals surface area contributed by atoms with Crippen LogP contribution in [0.3, 0.4) is 0 Å². The highest BCUT2D eigenvalue weighted by Gasteiger charge is 2.36. The molecule has 1 fully saturated rings. The number of carbonyl (C=O) groups is 3. The molecule has 3 unspecified atom stereocenters. The number of hydrogen-bond donors (Lipinski definition) is 3. The van der Waals surface area contributed by atoms with Gasteiger partial charge in [-0.2, -0.15) is 0 Å². The third kappa shape index (κ3) is 33.7. The summed E-state index contributed by atoms with van der Waals surface area (Å²) in [5.41, 5.74) is 5.34. The van der Waals surface area contributed by atoms with Crippen LogP contribution in [-0.2, 0) is 42.2 Å². The van der Waals surface area contributed by atoms with E-state index in [4.69, 9.17) is 29.6 Å². The third-order valence-corrected chi connectivity index (χ3v) is 11.4. The maximum Gasteiger partial charge on any atom is 0.472 e. The van der Waals surface area contributed by atoms with Gasteiger partial charge in [-0.05, 0) is 38.5 Å². The first-order valence-electron chi connectivity index (χ1n) is 22.8. The van der Waals surface area contributed by atoms with E-state index in [0.29, 0.717) is 25.0 Å². The molecule has 0 radical (unpaired) electrons. The van der Waals surface area contributed by atoms with Crippen LogP contribution in [0.15, 0.2) is 12.2 Å². The molecule has 1 aliphatic heterocycles. The molecule has 0 aliphatic carbocycles. The number of carbonyl (C=O) groups excluding carboxylic acids is 2. The normalized spacial score (nSPS) is 17.3. The van der Waals surface area contributed by atoms with E-state index in [1.807, 2.05) is 0 Å². The van der Waals surface area contributed by atoms with Crippen LogP contribution in [0.2, 0.25) is 0 Å². The standard InChI is InChI=1S/C44H82NO11P/c1-3-5-7-8-9-10-11-12-13-14-15-16-17-18-23-26-30-34-43(47)55-38(36-53-57(50,51)54-37-39(45)44(48)49)35-52-42(46)33-29-25-22-20-19-21-24-28-32-41-40(56-41)31-27-6-4-2/h24,28,38-41H,3-23,25-27,29-37,45H2,1-2H3,(H,48,49)(H,50,51)/b28-24-/t38-,39+,40?,41?/m1/s1. The zero-order chi connectivity index (χ0) is 41.8. The molecule has 5 atom stereocenters. The fraction of sp³-hybridized carbons (Fsp3) is 0.886. The lowest BCUT2D eigenvalue weighted by molar-refractivity contribution is -0.161. The van der Waals surface area contributed by atoms with Crippen molar-refractivity contribution in [2.24, 2.45) is 5.73 Å². The molecular formula is C44H82NO11P. The van der Waals surface area contributed by atoms with E-state index >= 15 is 0 Å². The number of epoxide rings is 1. The van der Waals surface area contributed by atoms with Gasteiger partial charge in [-0.3, -0.25) is 23.4 Å². The van der Waals surface area contributed by atoms with Crippen molar-refractivity contribution in [2.45, 2.75) is 231 Å². The van der Waals surface area contributed by atoms with E-state index in [2.05, 4.69) is 30.5 Å². The highest BCUT2D eigenvalue weighted by Crippen LogP contribution is 2.43. The van der Waals surface area contributed by atoms with Crippen molar-refractivity contribution >= 4 is 25.7 Å². The second kappa shape index (κ2) is 36.1. The summed E-state index contributed by atoms with van der Waals surface area (Å²) in [5.74, 6) is -2.39. The minimum absolute atomic E-state index is 0.161. The lowest BCUT2D eigenvalue weighted by Gasteiger charge is -2.20. The summed E-state index contributed by atoms with van der Waals surface area (Å²) in [6, 6.07) is -1.52. The van der Waals surface area contributed by atoms with Crippen LogP contribution in [0.1, 0.15) is 206 Å². The van der Waals surface area contributed by atoms with E-state index in [9.17, 15) is 23.8 Å². The molecule has 57 heavy (non-hydrogen) atoms. The Balaban J connectivity index is 2.25. The van der Waals surface area contributed by atoms with E-state index in [0.717, 1.165) is 57.8 Å². The van der Waals surface area contributed by atoms with Gasteiger partial charge in [0, 0.05) is 12.8 Å². The molecule has 1 rings (SSSR count). The van der Waals surface area contributed by atoms with Crippen LogP contribution in [0.5, 0.6) is 0 Å². The van der Waals surface area contributed by atoms with Gasteiger partial charge in [0.05, 0.1) is 25.4 Å². The first-order chi connectivity index (χ1) is 27.6. The van der Waals surface area contributed by atoms with Crippen molar-refractivity contribution in [1.29, 1.82) is 0 Å². The number of esters is 2. The number of ether oxygens (including phenoxy) is 3. The summed E-state index contributed by atoms with van der Waals surface area (Å²) in [4.78, 5) is 46.0. The van der Waals surface area contributed by atoms with Crippen molar-refractivity contribution < 1.29 is 52.2 Å². The lowest BCUT2D eigenvalue weighted by Crippen LogP contribution is -2.34. The molecule has 1 saturated heterocycles. The summed E-state index contributed by atoms with van der Waals surface area (Å²) in [6.45, 7) is 2.78. The maximum atomic E-state index is 12.6. The van der Waals surface area contributed by atoms with E-state index in [1.165, 1.54) is 109 Å². The molecule has 0 aromatic carbocycles. The van der Waals surface area contributed by atoms with E-state index < -0.39 is 51.1 Å². The Bertz CT molecular complexity index is 1090. The van der Waals surface area contributed by atoms with Crippen molar-refractivity contribution in [3.8, 4) is 0 Å². The lowest BCUT2D eigenvalue weighted by atomic mass is 10.0. The monoisotopic (exact) mass is 832 g/mol. The number of carboxylic acids is 1. The second-order valence-electron chi connectivity index (χ2n) is 15.9. The number of unbranched alkanes of at least 4 members (excludes halogenated alkanes) is 23. The van der Waals surface area contributed by atoms with Gasteiger partial charge in [-0.25, -0.2) is 4.57 Å². The van der Waals surface area contributed by atoms with E-state index in [-0.39, 0.29) is 19.4 Å². The van der Waals surface area contributed by atoms with Crippen molar-refractivity contribution in [3.63, 3.8) is 0 Å². The van der Waals surface area contributed by atoms with Gasteiger partial charge in [-0.1, -0.05) is 167 Å². The predicted octanol–water partition coefficient (Wildman–Crippen LogP) is 11.1. The average Bonchev–Trinajstić information content (AvgIpc) is 3.94. The van der Waals surface area contributed by atoms with Crippen LogP contribution >= 0.6 is 7.82 Å². The number of allylic oxidation sites excluding steroid dienone is 1. The van der Waals surface area contributed by atoms with Crippen LogP contribution < -0.4 is 5.73 Å². The van der Waals surface area contributed by atoms with Crippen molar-refractivity contribution in [2.75, 3.05) is 19.8 Å². The second-order valence-corrected chi connectivity index (χ2v) is 17.4. The fourth-order valence-electron chi connectivity index (χ4n) is 6.72. The largest absolute Gasteiger partial charge is 0.480 e. The van der Waals surface area contributed by atoms with Gasteiger partial charge in [0.2, 0.25) is 0 Å². The molecule has 13 heteroatoms. The SMILES string of the molecule is CCCCCCCCCCCCCCCCCCCC(=O)O[C@H](COC(=O)CCCCCCC/C=C\CC1OC1CCCCC)COP(=O)(O)OC[C@H](N)C(=O)O. The Morgan fingerprint density at radius 3 is 1.65 bits per heavy atom.